The first-order valence-corrected chi connectivity index (χ1v) is 10.7. The van der Waals surface area contributed by atoms with Gasteiger partial charge in [0.05, 0.1) is 29.4 Å². The Bertz CT molecular complexity index is 1120. The van der Waals surface area contributed by atoms with Crippen molar-refractivity contribution in [1.29, 1.82) is 0 Å². The first-order valence-electron chi connectivity index (χ1n) is 9.28. The van der Waals surface area contributed by atoms with Gasteiger partial charge in [0, 0.05) is 18.8 Å². The van der Waals surface area contributed by atoms with Crippen molar-refractivity contribution in [1.82, 2.24) is 10.3 Å². The zero-order chi connectivity index (χ0) is 21.7. The van der Waals surface area contributed by atoms with E-state index in [1.54, 1.807) is 36.5 Å². The van der Waals surface area contributed by atoms with Crippen LogP contribution >= 0.6 is 0 Å². The van der Waals surface area contributed by atoms with Gasteiger partial charge >= 0.3 is 0 Å². The summed E-state index contributed by atoms with van der Waals surface area (Å²) in [4.78, 5) is 16.8. The van der Waals surface area contributed by atoms with Crippen LogP contribution in [0.4, 0.5) is 5.69 Å². The Morgan fingerprint density at radius 3 is 2.33 bits per heavy atom. The molecule has 2 aromatic carbocycles. The normalized spacial score (nSPS) is 12.1. The summed E-state index contributed by atoms with van der Waals surface area (Å²) in [5.74, 6) is 0.137. The van der Waals surface area contributed by atoms with Crippen molar-refractivity contribution >= 4 is 21.6 Å². The van der Waals surface area contributed by atoms with Crippen molar-refractivity contribution in [2.24, 2.45) is 0 Å². The largest absolute Gasteiger partial charge is 0.495 e. The summed E-state index contributed by atoms with van der Waals surface area (Å²) in [6.07, 6.45) is 1.66. The van der Waals surface area contributed by atoms with E-state index in [1.165, 1.54) is 38.4 Å². The predicted molar refractivity (Wildman–Crippen MR) is 115 cm³/mol. The Morgan fingerprint density at radius 1 is 1.03 bits per heavy atom. The van der Waals surface area contributed by atoms with Crippen molar-refractivity contribution in [2.75, 3.05) is 18.5 Å². The maximum atomic E-state index is 13.0. The quantitative estimate of drug-likeness (QED) is 0.627. The molecule has 0 aliphatic carbocycles. The van der Waals surface area contributed by atoms with E-state index in [4.69, 9.17) is 4.74 Å². The lowest BCUT2D eigenvalue weighted by atomic mass is 10.1. The van der Waals surface area contributed by atoms with Crippen LogP contribution in [0.15, 0.2) is 77.8 Å². The molecule has 0 aliphatic rings. The van der Waals surface area contributed by atoms with Crippen molar-refractivity contribution in [2.45, 2.75) is 17.9 Å². The minimum absolute atomic E-state index is 0.0743. The second-order valence-electron chi connectivity index (χ2n) is 6.62. The first-order chi connectivity index (χ1) is 14.3. The van der Waals surface area contributed by atoms with Gasteiger partial charge < -0.3 is 10.1 Å². The monoisotopic (exact) mass is 425 g/mol. The summed E-state index contributed by atoms with van der Waals surface area (Å²) in [6.45, 7) is 1.83. The van der Waals surface area contributed by atoms with Gasteiger partial charge in [-0.3, -0.25) is 14.1 Å². The van der Waals surface area contributed by atoms with Crippen LogP contribution in [0.3, 0.4) is 0 Å². The molecule has 1 amide bonds. The van der Waals surface area contributed by atoms with Gasteiger partial charge in [-0.2, -0.15) is 0 Å². The molecular formula is C22H23N3O4S. The van der Waals surface area contributed by atoms with E-state index in [9.17, 15) is 13.2 Å². The van der Waals surface area contributed by atoms with E-state index < -0.39 is 10.0 Å². The van der Waals surface area contributed by atoms with Crippen molar-refractivity contribution in [3.63, 3.8) is 0 Å². The van der Waals surface area contributed by atoms with Gasteiger partial charge in [-0.15, -0.1) is 0 Å². The van der Waals surface area contributed by atoms with Crippen LogP contribution in [0.5, 0.6) is 5.75 Å². The Kier molecular flexibility index (Phi) is 6.37. The predicted octanol–water partition coefficient (Wildman–Crippen LogP) is 3.41. The molecule has 30 heavy (non-hydrogen) atoms. The third-order valence-corrected chi connectivity index (χ3v) is 6.46. The van der Waals surface area contributed by atoms with Crippen molar-refractivity contribution < 1.29 is 17.9 Å². The Balaban J connectivity index is 1.78. The third kappa shape index (κ3) is 4.44. The SMILES string of the molecule is COc1ccccc1N(C)S(=O)(=O)c1ccc(C(=O)NC(C)c2ccccn2)cc1. The molecule has 0 saturated heterocycles. The Hall–Kier alpha value is -3.39. The summed E-state index contributed by atoms with van der Waals surface area (Å²) >= 11 is 0. The highest BCUT2D eigenvalue weighted by atomic mass is 32.2. The molecular weight excluding hydrogens is 402 g/mol. The molecule has 0 spiro atoms. The lowest BCUT2D eigenvalue weighted by Crippen LogP contribution is -2.28. The van der Waals surface area contributed by atoms with Gasteiger partial charge in [0.25, 0.3) is 15.9 Å². The summed E-state index contributed by atoms with van der Waals surface area (Å²) < 4.78 is 32.4. The number of para-hydroxylation sites is 2. The van der Waals surface area contributed by atoms with E-state index in [0.717, 1.165) is 10.00 Å². The number of ether oxygens (including phenoxy) is 1. The minimum Gasteiger partial charge on any atom is -0.495 e. The zero-order valence-corrected chi connectivity index (χ0v) is 17.8. The van der Waals surface area contributed by atoms with Crippen LogP contribution in [0, 0.1) is 0 Å². The number of amides is 1. The number of aromatic nitrogens is 1. The number of hydrogen-bond donors (Lipinski definition) is 1. The van der Waals surface area contributed by atoms with E-state index >= 15 is 0 Å². The number of sulfonamides is 1. The number of carbonyl (C=O) groups excluding carboxylic acids is 1. The van der Waals surface area contributed by atoms with Gasteiger partial charge in [-0.25, -0.2) is 8.42 Å². The van der Waals surface area contributed by atoms with Gasteiger partial charge in [0.1, 0.15) is 5.75 Å². The lowest BCUT2D eigenvalue weighted by molar-refractivity contribution is 0.0939. The van der Waals surface area contributed by atoms with Crippen LogP contribution in [-0.2, 0) is 10.0 Å². The number of benzene rings is 2. The molecule has 1 heterocycles. The van der Waals surface area contributed by atoms with Crippen LogP contribution in [-0.4, -0.2) is 33.5 Å². The van der Waals surface area contributed by atoms with E-state index in [1.807, 2.05) is 19.1 Å². The number of nitrogens with one attached hydrogen (secondary N) is 1. The first kappa shape index (κ1) is 21.3. The zero-order valence-electron chi connectivity index (χ0n) is 16.9. The number of hydrogen-bond acceptors (Lipinski definition) is 5. The maximum Gasteiger partial charge on any atom is 0.264 e. The number of nitrogens with zero attached hydrogens (tertiary/aromatic N) is 2. The van der Waals surface area contributed by atoms with E-state index in [2.05, 4.69) is 10.3 Å². The summed E-state index contributed by atoms with van der Waals surface area (Å²) in [5.41, 5.74) is 1.52. The fourth-order valence-corrected chi connectivity index (χ4v) is 4.15. The topological polar surface area (TPSA) is 88.6 Å². The molecule has 0 saturated carbocycles. The Morgan fingerprint density at radius 2 is 1.70 bits per heavy atom. The molecule has 0 bridgehead atoms. The highest BCUT2D eigenvalue weighted by molar-refractivity contribution is 7.92. The van der Waals surface area contributed by atoms with Crippen LogP contribution in [0.2, 0.25) is 0 Å². The highest BCUT2D eigenvalue weighted by Gasteiger charge is 2.24. The number of pyridine rings is 1. The summed E-state index contributed by atoms with van der Waals surface area (Å²) in [7, 11) is -0.876. The fraction of sp³-hybridized carbons (Fsp3) is 0.182. The van der Waals surface area contributed by atoms with Crippen molar-refractivity contribution in [3.05, 3.63) is 84.2 Å². The Labute approximate surface area is 176 Å². The molecule has 0 fully saturated rings. The van der Waals surface area contributed by atoms with Crippen LogP contribution < -0.4 is 14.4 Å². The van der Waals surface area contributed by atoms with Crippen LogP contribution in [0.25, 0.3) is 0 Å². The van der Waals surface area contributed by atoms with E-state index in [-0.39, 0.29) is 16.8 Å². The molecule has 0 aliphatic heterocycles. The molecule has 1 N–H and O–H groups in total. The smallest absolute Gasteiger partial charge is 0.264 e. The molecule has 0 radical (unpaired) electrons. The number of methoxy groups -OCH3 is 1. The molecule has 8 heteroatoms. The molecule has 3 rings (SSSR count). The van der Waals surface area contributed by atoms with Gasteiger partial charge in [-0.05, 0) is 55.5 Å². The van der Waals surface area contributed by atoms with Gasteiger partial charge in [0.15, 0.2) is 0 Å². The maximum absolute atomic E-state index is 13.0. The molecule has 1 aromatic heterocycles. The van der Waals surface area contributed by atoms with Crippen molar-refractivity contribution in [3.8, 4) is 5.75 Å². The third-order valence-electron chi connectivity index (χ3n) is 4.68. The average molecular weight is 426 g/mol. The molecule has 1 atom stereocenters. The molecule has 1 unspecified atom stereocenters. The summed E-state index contributed by atoms with van der Waals surface area (Å²) in [5, 5.41) is 2.86. The molecule has 3 aromatic rings. The number of carbonyl (C=O) groups is 1. The lowest BCUT2D eigenvalue weighted by Gasteiger charge is -2.21. The number of anilines is 1. The second kappa shape index (κ2) is 8.96. The summed E-state index contributed by atoms with van der Waals surface area (Å²) in [6, 6.07) is 17.9. The van der Waals surface area contributed by atoms with E-state index in [0.29, 0.717) is 17.0 Å². The highest BCUT2D eigenvalue weighted by Crippen LogP contribution is 2.30. The van der Waals surface area contributed by atoms with Gasteiger partial charge in [0.2, 0.25) is 0 Å². The minimum atomic E-state index is -3.82. The fourth-order valence-electron chi connectivity index (χ4n) is 2.94. The van der Waals surface area contributed by atoms with Crippen LogP contribution in [0.1, 0.15) is 29.0 Å². The molecule has 7 nitrogen and oxygen atoms in total. The standard InChI is InChI=1S/C22H23N3O4S/c1-16(19-8-6-7-15-23-19)24-22(26)17-11-13-18(14-12-17)30(27,28)25(2)20-9-4-5-10-21(20)29-3/h4-16H,1-3H3,(H,24,26). The second-order valence-corrected chi connectivity index (χ2v) is 8.59. The molecule has 156 valence electrons. The number of rotatable bonds is 7. The average Bonchev–Trinajstić information content (AvgIpc) is 2.79. The van der Waals surface area contributed by atoms with Gasteiger partial charge in [-0.1, -0.05) is 18.2 Å².